The van der Waals surface area contributed by atoms with E-state index in [2.05, 4.69) is 114 Å². The molecule has 0 radical (unpaired) electrons. The van der Waals surface area contributed by atoms with Crippen LogP contribution >= 0.6 is 0 Å². The third-order valence-electron chi connectivity index (χ3n) is 5.43. The molecule has 4 rings (SSSR count). The first kappa shape index (κ1) is 19.2. The molecule has 0 spiro atoms. The van der Waals surface area contributed by atoms with Crippen molar-refractivity contribution >= 4 is 22.9 Å². The van der Waals surface area contributed by atoms with E-state index in [-0.39, 0.29) is 0 Å². The van der Waals surface area contributed by atoms with E-state index in [0.29, 0.717) is 0 Å². The summed E-state index contributed by atoms with van der Waals surface area (Å²) in [6, 6.07) is 23.7. The lowest BCUT2D eigenvalue weighted by molar-refractivity contribution is -0.696. The molecule has 0 amide bonds. The van der Waals surface area contributed by atoms with E-state index < -0.39 is 0 Å². The third-order valence-corrected chi connectivity index (χ3v) is 5.43. The van der Waals surface area contributed by atoms with Crippen molar-refractivity contribution < 1.29 is 4.57 Å². The molecular formula is C27H29N2+. The number of fused-ring (bicyclic) bond motifs is 1. The number of unbranched alkanes of at least 4 members (excludes halogenated alkanes) is 3. The fourth-order valence-electron chi connectivity index (χ4n) is 3.74. The van der Waals surface area contributed by atoms with Gasteiger partial charge in [0, 0.05) is 0 Å². The SMILES string of the molecule is CCCCCC[n+]1ccn(-c2ccc(/C=C/c3cccc4ccccc34)cc2)c1. The van der Waals surface area contributed by atoms with Crippen LogP contribution in [0.1, 0.15) is 43.7 Å². The van der Waals surface area contributed by atoms with Gasteiger partial charge >= 0.3 is 0 Å². The second kappa shape index (κ2) is 9.38. The highest BCUT2D eigenvalue weighted by molar-refractivity contribution is 5.92. The Morgan fingerprint density at radius 1 is 0.828 bits per heavy atom. The topological polar surface area (TPSA) is 8.81 Å². The van der Waals surface area contributed by atoms with Gasteiger partial charge < -0.3 is 0 Å². The van der Waals surface area contributed by atoms with Gasteiger partial charge in [0.2, 0.25) is 6.33 Å². The number of rotatable bonds is 8. The summed E-state index contributed by atoms with van der Waals surface area (Å²) in [6.07, 6.45) is 16.1. The van der Waals surface area contributed by atoms with Crippen LogP contribution in [0.25, 0.3) is 28.6 Å². The summed E-state index contributed by atoms with van der Waals surface area (Å²) in [6.45, 7) is 3.35. The van der Waals surface area contributed by atoms with Crippen LogP contribution in [0, 0.1) is 0 Å². The van der Waals surface area contributed by atoms with Crippen molar-refractivity contribution in [3.63, 3.8) is 0 Å². The minimum Gasteiger partial charge on any atom is -0.236 e. The molecular weight excluding hydrogens is 352 g/mol. The van der Waals surface area contributed by atoms with E-state index in [4.69, 9.17) is 0 Å². The molecule has 0 bridgehead atoms. The van der Waals surface area contributed by atoms with Crippen LogP contribution in [0.3, 0.4) is 0 Å². The number of aryl methyl sites for hydroxylation is 1. The Kier molecular flexibility index (Phi) is 6.21. The zero-order valence-electron chi connectivity index (χ0n) is 17.2. The number of aromatic nitrogens is 2. The molecule has 0 aliphatic carbocycles. The Hall–Kier alpha value is -3.13. The Labute approximate surface area is 173 Å². The first-order valence-electron chi connectivity index (χ1n) is 10.7. The van der Waals surface area contributed by atoms with Gasteiger partial charge in [-0.3, -0.25) is 0 Å². The molecule has 4 aromatic rings. The predicted molar refractivity (Wildman–Crippen MR) is 123 cm³/mol. The van der Waals surface area contributed by atoms with E-state index in [1.165, 1.54) is 53.3 Å². The van der Waals surface area contributed by atoms with Crippen molar-refractivity contribution in [3.8, 4) is 5.69 Å². The summed E-state index contributed by atoms with van der Waals surface area (Å²) in [5.74, 6) is 0. The second-order valence-corrected chi connectivity index (χ2v) is 7.61. The Bertz CT molecular complexity index is 1080. The summed E-state index contributed by atoms with van der Waals surface area (Å²) in [7, 11) is 0. The van der Waals surface area contributed by atoms with Gasteiger partial charge in [-0.15, -0.1) is 0 Å². The van der Waals surface area contributed by atoms with Crippen LogP contribution < -0.4 is 4.57 Å². The van der Waals surface area contributed by atoms with Crippen LogP contribution in [-0.4, -0.2) is 4.57 Å². The van der Waals surface area contributed by atoms with Crippen LogP contribution in [0.4, 0.5) is 0 Å². The lowest BCUT2D eigenvalue weighted by Gasteiger charge is -2.02. The van der Waals surface area contributed by atoms with E-state index in [9.17, 15) is 0 Å². The molecule has 2 heteroatoms. The molecule has 1 aromatic heterocycles. The number of hydrogen-bond donors (Lipinski definition) is 0. The highest BCUT2D eigenvalue weighted by atomic mass is 15.1. The van der Waals surface area contributed by atoms with Crippen molar-refractivity contribution in [1.82, 2.24) is 4.57 Å². The third kappa shape index (κ3) is 4.83. The van der Waals surface area contributed by atoms with Crippen molar-refractivity contribution in [2.24, 2.45) is 0 Å². The lowest BCUT2D eigenvalue weighted by Crippen LogP contribution is -2.30. The Balaban J connectivity index is 1.44. The smallest absolute Gasteiger partial charge is 0.236 e. The maximum Gasteiger partial charge on any atom is 0.248 e. The molecule has 0 N–H and O–H groups in total. The molecule has 146 valence electrons. The quantitative estimate of drug-likeness (QED) is 0.183. The van der Waals surface area contributed by atoms with E-state index in [1.54, 1.807) is 0 Å². The van der Waals surface area contributed by atoms with Crippen molar-refractivity contribution in [2.75, 3.05) is 0 Å². The van der Waals surface area contributed by atoms with Gasteiger partial charge in [0.15, 0.2) is 0 Å². The average Bonchev–Trinajstić information content (AvgIpc) is 3.24. The molecule has 0 saturated heterocycles. The normalized spacial score (nSPS) is 11.5. The van der Waals surface area contributed by atoms with Gasteiger partial charge in [-0.1, -0.05) is 86.5 Å². The minimum atomic E-state index is 1.10. The number of imidazole rings is 1. The zero-order valence-corrected chi connectivity index (χ0v) is 17.2. The molecule has 0 fully saturated rings. The van der Waals surface area contributed by atoms with Gasteiger partial charge in [-0.25, -0.2) is 9.13 Å². The summed E-state index contributed by atoms with van der Waals surface area (Å²) >= 11 is 0. The van der Waals surface area contributed by atoms with Crippen LogP contribution in [-0.2, 0) is 6.54 Å². The van der Waals surface area contributed by atoms with Gasteiger partial charge in [-0.2, -0.15) is 0 Å². The second-order valence-electron chi connectivity index (χ2n) is 7.61. The van der Waals surface area contributed by atoms with Crippen LogP contribution in [0.5, 0.6) is 0 Å². The highest BCUT2D eigenvalue weighted by Gasteiger charge is 2.06. The highest BCUT2D eigenvalue weighted by Crippen LogP contribution is 2.21. The molecule has 1 heterocycles. The molecule has 2 nitrogen and oxygen atoms in total. The van der Waals surface area contributed by atoms with Crippen LogP contribution in [0.2, 0.25) is 0 Å². The van der Waals surface area contributed by atoms with Crippen molar-refractivity contribution in [3.05, 3.63) is 96.6 Å². The molecule has 0 aliphatic heterocycles. The maximum absolute atomic E-state index is 2.28. The van der Waals surface area contributed by atoms with E-state index in [0.717, 1.165) is 6.54 Å². The van der Waals surface area contributed by atoms with Gasteiger partial charge in [0.25, 0.3) is 0 Å². The van der Waals surface area contributed by atoms with E-state index in [1.807, 2.05) is 0 Å². The lowest BCUT2D eigenvalue weighted by atomic mass is 10.0. The molecule has 3 aromatic carbocycles. The van der Waals surface area contributed by atoms with Crippen molar-refractivity contribution in [2.45, 2.75) is 39.2 Å². The zero-order chi connectivity index (χ0) is 19.9. The summed E-state index contributed by atoms with van der Waals surface area (Å²) < 4.78 is 4.47. The average molecular weight is 382 g/mol. The van der Waals surface area contributed by atoms with Crippen LogP contribution in [0.15, 0.2) is 85.5 Å². The Morgan fingerprint density at radius 2 is 1.66 bits per heavy atom. The molecule has 0 atom stereocenters. The fourth-order valence-corrected chi connectivity index (χ4v) is 3.74. The number of hydrogen-bond acceptors (Lipinski definition) is 0. The first-order chi connectivity index (χ1) is 14.3. The largest absolute Gasteiger partial charge is 0.248 e. The minimum absolute atomic E-state index is 1.10. The number of nitrogens with zero attached hydrogens (tertiary/aromatic N) is 2. The number of benzene rings is 3. The predicted octanol–water partition coefficient (Wildman–Crippen LogP) is 6.67. The van der Waals surface area contributed by atoms with Gasteiger partial charge in [0.1, 0.15) is 18.1 Å². The molecule has 0 saturated carbocycles. The molecule has 29 heavy (non-hydrogen) atoms. The summed E-state index contributed by atoms with van der Waals surface area (Å²) in [5, 5.41) is 2.57. The summed E-state index contributed by atoms with van der Waals surface area (Å²) in [5.41, 5.74) is 3.66. The first-order valence-corrected chi connectivity index (χ1v) is 10.7. The summed E-state index contributed by atoms with van der Waals surface area (Å²) in [4.78, 5) is 0. The standard InChI is InChI=1S/C27H29N2/c1-2-3-4-7-19-28-20-21-29(22-28)26-17-14-23(15-18-26)13-16-25-11-8-10-24-9-5-6-12-27(24)25/h5-6,8-18,20-22H,2-4,7,19H2,1H3/q+1/b16-13+. The molecule has 0 unspecified atom stereocenters. The monoisotopic (exact) mass is 381 g/mol. The molecule has 0 aliphatic rings. The van der Waals surface area contributed by atoms with Gasteiger partial charge in [0.05, 0.1) is 6.54 Å². The van der Waals surface area contributed by atoms with Crippen molar-refractivity contribution in [1.29, 1.82) is 0 Å². The Morgan fingerprint density at radius 3 is 2.52 bits per heavy atom. The van der Waals surface area contributed by atoms with Gasteiger partial charge in [-0.05, 0) is 46.9 Å². The van der Waals surface area contributed by atoms with E-state index >= 15 is 0 Å². The maximum atomic E-state index is 2.28. The fraction of sp³-hybridized carbons (Fsp3) is 0.222.